The van der Waals surface area contributed by atoms with E-state index in [0.717, 1.165) is 23.2 Å². The number of amides is 1. The van der Waals surface area contributed by atoms with Gasteiger partial charge in [-0.3, -0.25) is 4.79 Å². The van der Waals surface area contributed by atoms with Crippen LogP contribution in [0.25, 0.3) is 5.69 Å². The second kappa shape index (κ2) is 8.60. The van der Waals surface area contributed by atoms with E-state index >= 15 is 0 Å². The second-order valence-corrected chi connectivity index (χ2v) is 10.3. The molecule has 0 spiro atoms. The molecule has 2 heterocycles. The lowest BCUT2D eigenvalue weighted by atomic mass is 10.1. The van der Waals surface area contributed by atoms with Gasteiger partial charge in [0.25, 0.3) is 0 Å². The Kier molecular flexibility index (Phi) is 6.39. The van der Waals surface area contributed by atoms with E-state index in [9.17, 15) is 13.2 Å². The number of aryl methyl sites for hydroxylation is 2. The van der Waals surface area contributed by atoms with Gasteiger partial charge >= 0.3 is 0 Å². The minimum atomic E-state index is -3.04. The third kappa shape index (κ3) is 4.72. The van der Waals surface area contributed by atoms with Gasteiger partial charge in [0.05, 0.1) is 22.9 Å². The highest BCUT2D eigenvalue weighted by Crippen LogP contribution is 2.23. The summed E-state index contributed by atoms with van der Waals surface area (Å²) in [7, 11) is -3.04. The van der Waals surface area contributed by atoms with Crippen LogP contribution in [0, 0.1) is 13.8 Å². The molecule has 28 heavy (non-hydrogen) atoms. The maximum Gasteiger partial charge on any atom is 0.233 e. The number of carbonyl (C=O) groups is 1. The van der Waals surface area contributed by atoms with Crippen molar-refractivity contribution in [3.05, 3.63) is 29.3 Å². The zero-order valence-corrected chi connectivity index (χ0v) is 18.0. The molecule has 0 saturated carbocycles. The Labute approximate surface area is 169 Å². The van der Waals surface area contributed by atoms with E-state index < -0.39 is 9.84 Å². The Hall–Kier alpha value is -1.94. The van der Waals surface area contributed by atoms with Crippen LogP contribution in [0.5, 0.6) is 0 Å². The zero-order valence-electron chi connectivity index (χ0n) is 16.3. The number of nitrogens with zero attached hydrogens (tertiary/aromatic N) is 5. The molecule has 1 amide bonds. The van der Waals surface area contributed by atoms with E-state index in [-0.39, 0.29) is 29.2 Å². The van der Waals surface area contributed by atoms with Crippen molar-refractivity contribution in [2.45, 2.75) is 44.8 Å². The number of sulfone groups is 1. The Balaban J connectivity index is 1.71. The molecule has 0 bridgehead atoms. The van der Waals surface area contributed by atoms with Gasteiger partial charge in [-0.05, 0) is 48.7 Å². The number of thioether (sulfide) groups is 1. The van der Waals surface area contributed by atoms with Crippen LogP contribution in [-0.4, -0.2) is 69.3 Å². The first-order chi connectivity index (χ1) is 13.3. The summed E-state index contributed by atoms with van der Waals surface area (Å²) >= 11 is 1.27. The first-order valence-corrected chi connectivity index (χ1v) is 12.1. The number of tetrazole rings is 1. The molecule has 152 valence electrons. The van der Waals surface area contributed by atoms with Gasteiger partial charge in [0.1, 0.15) is 0 Å². The Morgan fingerprint density at radius 1 is 1.36 bits per heavy atom. The van der Waals surface area contributed by atoms with Crippen LogP contribution in [0.2, 0.25) is 0 Å². The van der Waals surface area contributed by atoms with Crippen LogP contribution in [0.1, 0.15) is 30.9 Å². The van der Waals surface area contributed by atoms with Crippen molar-refractivity contribution in [3.63, 3.8) is 0 Å². The minimum Gasteiger partial charge on any atom is -0.338 e. The van der Waals surface area contributed by atoms with Gasteiger partial charge in [-0.25, -0.2) is 8.42 Å². The quantitative estimate of drug-likeness (QED) is 0.626. The number of aromatic nitrogens is 4. The SMILES string of the molecule is CCCN(C(=O)CSc1nnnn1-c1ccc(C)cc1C)[C@@H]1CCS(=O)(=O)C1. The molecular formula is C18H25N5O3S2. The molecular weight excluding hydrogens is 398 g/mol. The molecule has 1 atom stereocenters. The molecule has 1 aliphatic rings. The van der Waals surface area contributed by atoms with Crippen LogP contribution in [0.3, 0.4) is 0 Å². The van der Waals surface area contributed by atoms with Crippen molar-refractivity contribution < 1.29 is 13.2 Å². The standard InChI is InChI=1S/C18H25N5O3S2/c1-4-8-22(15-7-9-28(25,26)12-15)17(24)11-27-18-19-20-21-23(18)16-6-5-13(2)10-14(16)3/h5-6,10,15H,4,7-9,11-12H2,1-3H3/t15-/m1/s1. The van der Waals surface area contributed by atoms with Crippen LogP contribution in [0.4, 0.5) is 0 Å². The van der Waals surface area contributed by atoms with Gasteiger partial charge in [-0.1, -0.05) is 36.4 Å². The highest BCUT2D eigenvalue weighted by Gasteiger charge is 2.34. The lowest BCUT2D eigenvalue weighted by Crippen LogP contribution is -2.42. The molecule has 10 heteroatoms. The highest BCUT2D eigenvalue weighted by molar-refractivity contribution is 7.99. The molecule has 1 aromatic carbocycles. The third-order valence-corrected chi connectivity index (χ3v) is 7.43. The summed E-state index contributed by atoms with van der Waals surface area (Å²) in [5.74, 6) is 0.304. The fourth-order valence-corrected chi connectivity index (χ4v) is 5.95. The summed E-state index contributed by atoms with van der Waals surface area (Å²) in [5.41, 5.74) is 3.07. The van der Waals surface area contributed by atoms with E-state index in [1.807, 2.05) is 32.9 Å². The van der Waals surface area contributed by atoms with E-state index in [1.165, 1.54) is 11.8 Å². The Morgan fingerprint density at radius 2 is 2.14 bits per heavy atom. The molecule has 1 aliphatic heterocycles. The van der Waals surface area contributed by atoms with Crippen molar-refractivity contribution in [3.8, 4) is 5.69 Å². The molecule has 0 unspecified atom stereocenters. The van der Waals surface area contributed by atoms with E-state index in [0.29, 0.717) is 18.1 Å². The number of carbonyl (C=O) groups excluding carboxylic acids is 1. The summed E-state index contributed by atoms with van der Waals surface area (Å²) in [4.78, 5) is 14.5. The van der Waals surface area contributed by atoms with Crippen molar-refractivity contribution in [1.82, 2.24) is 25.1 Å². The van der Waals surface area contributed by atoms with Crippen molar-refractivity contribution >= 4 is 27.5 Å². The first kappa shape index (κ1) is 20.8. The van der Waals surface area contributed by atoms with Crippen LogP contribution in [-0.2, 0) is 14.6 Å². The van der Waals surface area contributed by atoms with Crippen LogP contribution >= 0.6 is 11.8 Å². The average Bonchev–Trinajstić information content (AvgIpc) is 3.23. The van der Waals surface area contributed by atoms with Gasteiger partial charge in [0.15, 0.2) is 9.84 Å². The smallest absolute Gasteiger partial charge is 0.233 e. The van der Waals surface area contributed by atoms with E-state index in [2.05, 4.69) is 21.6 Å². The van der Waals surface area contributed by atoms with Gasteiger partial charge < -0.3 is 4.90 Å². The predicted octanol–water partition coefficient (Wildman–Crippen LogP) is 1.80. The van der Waals surface area contributed by atoms with Gasteiger partial charge in [-0.2, -0.15) is 4.68 Å². The Morgan fingerprint density at radius 3 is 2.79 bits per heavy atom. The maximum absolute atomic E-state index is 12.8. The molecule has 8 nitrogen and oxygen atoms in total. The van der Waals surface area contributed by atoms with Gasteiger partial charge in [0.2, 0.25) is 11.1 Å². The number of benzene rings is 1. The topological polar surface area (TPSA) is 98.1 Å². The van der Waals surface area contributed by atoms with Gasteiger partial charge in [0, 0.05) is 12.6 Å². The minimum absolute atomic E-state index is 0.0592. The maximum atomic E-state index is 12.8. The fraction of sp³-hybridized carbons (Fsp3) is 0.556. The lowest BCUT2D eigenvalue weighted by molar-refractivity contribution is -0.130. The third-order valence-electron chi connectivity index (χ3n) is 4.78. The molecule has 1 fully saturated rings. The molecule has 0 radical (unpaired) electrons. The highest BCUT2D eigenvalue weighted by atomic mass is 32.2. The normalized spacial score (nSPS) is 18.3. The number of hydrogen-bond donors (Lipinski definition) is 0. The van der Waals surface area contributed by atoms with Crippen LogP contribution in [0.15, 0.2) is 23.4 Å². The summed E-state index contributed by atoms with van der Waals surface area (Å²) in [5, 5.41) is 12.4. The number of rotatable bonds is 7. The summed E-state index contributed by atoms with van der Waals surface area (Å²) < 4.78 is 25.2. The Bertz CT molecular complexity index is 958. The largest absolute Gasteiger partial charge is 0.338 e. The summed E-state index contributed by atoms with van der Waals surface area (Å²) in [6.45, 7) is 6.56. The second-order valence-electron chi connectivity index (χ2n) is 7.10. The molecule has 2 aromatic rings. The molecule has 0 N–H and O–H groups in total. The average molecular weight is 424 g/mol. The molecule has 1 aromatic heterocycles. The molecule has 0 aliphatic carbocycles. The zero-order chi connectivity index (χ0) is 20.3. The summed E-state index contributed by atoms with van der Waals surface area (Å²) in [6, 6.07) is 5.78. The van der Waals surface area contributed by atoms with Crippen molar-refractivity contribution in [1.29, 1.82) is 0 Å². The molecule has 3 rings (SSSR count). The number of hydrogen-bond acceptors (Lipinski definition) is 7. The fourth-order valence-electron chi connectivity index (χ4n) is 3.45. The van der Waals surface area contributed by atoms with E-state index in [1.54, 1.807) is 9.58 Å². The van der Waals surface area contributed by atoms with Crippen LogP contribution < -0.4 is 0 Å². The van der Waals surface area contributed by atoms with E-state index in [4.69, 9.17) is 0 Å². The van der Waals surface area contributed by atoms with Gasteiger partial charge in [-0.15, -0.1) is 5.10 Å². The summed E-state index contributed by atoms with van der Waals surface area (Å²) in [6.07, 6.45) is 1.30. The predicted molar refractivity (Wildman–Crippen MR) is 108 cm³/mol. The lowest BCUT2D eigenvalue weighted by Gasteiger charge is -2.27. The van der Waals surface area contributed by atoms with Crippen molar-refractivity contribution in [2.24, 2.45) is 0 Å². The van der Waals surface area contributed by atoms with Crippen molar-refractivity contribution in [2.75, 3.05) is 23.8 Å². The molecule has 1 saturated heterocycles. The monoisotopic (exact) mass is 423 g/mol. The first-order valence-electron chi connectivity index (χ1n) is 9.29.